The van der Waals surface area contributed by atoms with Crippen molar-refractivity contribution in [1.82, 2.24) is 0 Å². The molecule has 0 heterocycles. The van der Waals surface area contributed by atoms with E-state index in [1.165, 1.54) is 44.9 Å². The van der Waals surface area contributed by atoms with Crippen LogP contribution in [-0.4, -0.2) is 5.97 Å². The molecule has 0 N–H and O–H groups in total. The second-order valence-electron chi connectivity index (χ2n) is 7.55. The molecule has 0 aliphatic heterocycles. The van der Waals surface area contributed by atoms with Crippen LogP contribution in [0.15, 0.2) is 12.1 Å². The Bertz CT molecular complexity index is 661. The fraction of sp³-hybridized carbons (Fsp3) is 0.636. The zero-order valence-corrected chi connectivity index (χ0v) is 16.1. The molecule has 1 fully saturated rings. The molecule has 1 aliphatic rings. The monoisotopic (exact) mass is 377 g/mol. The summed E-state index contributed by atoms with van der Waals surface area (Å²) < 4.78 is 32.6. The Labute approximate surface area is 160 Å². The van der Waals surface area contributed by atoms with Crippen LogP contribution in [0.2, 0.25) is 0 Å². The predicted molar refractivity (Wildman–Crippen MR) is 100 cm³/mol. The molecule has 1 aromatic carbocycles. The third kappa shape index (κ3) is 6.30. The number of nitriles is 1. The van der Waals surface area contributed by atoms with Gasteiger partial charge in [-0.3, -0.25) is 4.79 Å². The summed E-state index contributed by atoms with van der Waals surface area (Å²) in [4.78, 5) is 12.3. The number of ether oxygens (including phenoxy) is 1. The Morgan fingerprint density at radius 2 is 1.74 bits per heavy atom. The summed E-state index contributed by atoms with van der Waals surface area (Å²) in [5.74, 6) is -3.10. The molecule has 1 saturated carbocycles. The van der Waals surface area contributed by atoms with Crippen molar-refractivity contribution in [2.24, 2.45) is 11.8 Å². The number of hydrogen-bond acceptors (Lipinski definition) is 3. The van der Waals surface area contributed by atoms with Crippen molar-refractivity contribution in [3.8, 4) is 11.8 Å². The van der Waals surface area contributed by atoms with Gasteiger partial charge < -0.3 is 4.74 Å². The van der Waals surface area contributed by atoms with Crippen molar-refractivity contribution in [3.05, 3.63) is 29.3 Å². The first-order valence-electron chi connectivity index (χ1n) is 10.2. The summed E-state index contributed by atoms with van der Waals surface area (Å²) in [7, 11) is 0. The maximum Gasteiger partial charge on any atom is 0.314 e. The van der Waals surface area contributed by atoms with Gasteiger partial charge in [0.2, 0.25) is 5.82 Å². The fourth-order valence-electron chi connectivity index (χ4n) is 3.79. The lowest BCUT2D eigenvalue weighted by atomic mass is 9.80. The minimum absolute atomic E-state index is 0.260. The van der Waals surface area contributed by atoms with Crippen molar-refractivity contribution in [2.75, 3.05) is 0 Å². The highest BCUT2D eigenvalue weighted by atomic mass is 19.2. The Morgan fingerprint density at radius 3 is 2.41 bits per heavy atom. The third-order valence-corrected chi connectivity index (χ3v) is 5.52. The van der Waals surface area contributed by atoms with E-state index < -0.39 is 28.9 Å². The van der Waals surface area contributed by atoms with Gasteiger partial charge in [0, 0.05) is 0 Å². The molecule has 0 aromatic heterocycles. The van der Waals surface area contributed by atoms with E-state index in [0.29, 0.717) is 5.92 Å². The number of carbonyl (C=O) groups is 1. The van der Waals surface area contributed by atoms with Crippen LogP contribution in [0.3, 0.4) is 0 Å². The van der Waals surface area contributed by atoms with E-state index in [-0.39, 0.29) is 5.92 Å². The van der Waals surface area contributed by atoms with Gasteiger partial charge in [0.05, 0.1) is 11.5 Å². The molecule has 27 heavy (non-hydrogen) atoms. The fourth-order valence-corrected chi connectivity index (χ4v) is 3.79. The van der Waals surface area contributed by atoms with Crippen molar-refractivity contribution in [3.63, 3.8) is 0 Å². The van der Waals surface area contributed by atoms with Crippen molar-refractivity contribution >= 4 is 5.97 Å². The summed E-state index contributed by atoms with van der Waals surface area (Å²) in [6, 6.07) is 3.82. The maximum atomic E-state index is 13.9. The average molecular weight is 377 g/mol. The number of benzene rings is 1. The number of unbranched alkanes of at least 4 members (excludes halogenated alkanes) is 5. The van der Waals surface area contributed by atoms with E-state index in [1.807, 2.05) is 0 Å². The molecule has 0 saturated heterocycles. The zero-order valence-electron chi connectivity index (χ0n) is 16.1. The minimum Gasteiger partial charge on any atom is -0.423 e. The summed E-state index contributed by atoms with van der Waals surface area (Å²) in [6.45, 7) is 2.22. The highest BCUT2D eigenvalue weighted by Crippen LogP contribution is 2.33. The lowest BCUT2D eigenvalue weighted by molar-refractivity contribution is -0.140. The first kappa shape index (κ1) is 21.3. The Kier molecular flexibility index (Phi) is 8.71. The Balaban J connectivity index is 1.74. The summed E-state index contributed by atoms with van der Waals surface area (Å²) in [5.41, 5.74) is -0.400. The third-order valence-electron chi connectivity index (χ3n) is 5.52. The minimum atomic E-state index is -1.28. The normalized spacial score (nSPS) is 19.5. The summed E-state index contributed by atoms with van der Waals surface area (Å²) in [6.07, 6.45) is 12.4. The highest BCUT2D eigenvalue weighted by Gasteiger charge is 2.28. The number of nitrogens with zero attached hydrogens (tertiary/aromatic N) is 1. The van der Waals surface area contributed by atoms with Gasteiger partial charge >= 0.3 is 5.97 Å². The smallest absolute Gasteiger partial charge is 0.314 e. The van der Waals surface area contributed by atoms with E-state index >= 15 is 0 Å². The quantitative estimate of drug-likeness (QED) is 0.288. The largest absolute Gasteiger partial charge is 0.423 e. The van der Waals surface area contributed by atoms with Crippen LogP contribution in [0, 0.1) is 34.8 Å². The molecule has 5 heteroatoms. The molecule has 0 atom stereocenters. The lowest BCUT2D eigenvalue weighted by Crippen LogP contribution is -2.26. The van der Waals surface area contributed by atoms with Crippen LogP contribution in [-0.2, 0) is 4.79 Å². The molecule has 2 rings (SSSR count). The number of rotatable bonds is 9. The van der Waals surface area contributed by atoms with Crippen LogP contribution < -0.4 is 4.74 Å². The Morgan fingerprint density at radius 1 is 1.07 bits per heavy atom. The first-order chi connectivity index (χ1) is 13.1. The predicted octanol–water partition coefficient (Wildman–Crippen LogP) is 6.30. The average Bonchev–Trinajstić information content (AvgIpc) is 2.69. The first-order valence-corrected chi connectivity index (χ1v) is 10.2. The van der Waals surface area contributed by atoms with E-state index in [4.69, 9.17) is 10.00 Å². The van der Waals surface area contributed by atoms with Gasteiger partial charge in [0.15, 0.2) is 11.6 Å². The van der Waals surface area contributed by atoms with E-state index in [2.05, 4.69) is 6.92 Å². The second kappa shape index (κ2) is 11.0. The van der Waals surface area contributed by atoms with Crippen LogP contribution in [0.1, 0.15) is 83.1 Å². The van der Waals surface area contributed by atoms with E-state index in [0.717, 1.165) is 37.8 Å². The van der Waals surface area contributed by atoms with Crippen LogP contribution in [0.25, 0.3) is 0 Å². The number of hydrogen-bond donors (Lipinski definition) is 0. The van der Waals surface area contributed by atoms with Gasteiger partial charge in [-0.05, 0) is 43.7 Å². The van der Waals surface area contributed by atoms with Crippen molar-refractivity contribution in [1.29, 1.82) is 5.26 Å². The van der Waals surface area contributed by atoms with Gasteiger partial charge in [0.25, 0.3) is 0 Å². The van der Waals surface area contributed by atoms with Crippen LogP contribution in [0.4, 0.5) is 8.78 Å². The topological polar surface area (TPSA) is 50.1 Å². The lowest BCUT2D eigenvalue weighted by Gasteiger charge is -2.27. The second-order valence-corrected chi connectivity index (χ2v) is 7.55. The van der Waals surface area contributed by atoms with Gasteiger partial charge in [0.1, 0.15) is 6.07 Å². The summed E-state index contributed by atoms with van der Waals surface area (Å²) >= 11 is 0. The number of halogens is 2. The molecule has 0 spiro atoms. The SMILES string of the molecule is CCCCCCCC[C@H]1CC[C@H](C(=O)Oc2ccc(C#N)c(F)c2F)CC1. The molecule has 148 valence electrons. The Hall–Kier alpha value is -1.96. The van der Waals surface area contributed by atoms with Gasteiger partial charge in [-0.2, -0.15) is 9.65 Å². The standard InChI is InChI=1S/C22H29F2NO2/c1-2-3-4-5-6-7-8-16-9-11-17(12-10-16)22(26)27-19-14-13-18(15-25)20(23)21(19)24/h13-14,16-17H,2-12H2,1H3/t16-,17-. The van der Waals surface area contributed by atoms with E-state index in [1.54, 1.807) is 6.07 Å². The molecule has 0 radical (unpaired) electrons. The number of esters is 1. The molecule has 0 unspecified atom stereocenters. The van der Waals surface area contributed by atoms with Gasteiger partial charge in [-0.15, -0.1) is 0 Å². The van der Waals surface area contributed by atoms with Gasteiger partial charge in [-0.1, -0.05) is 51.9 Å². The zero-order chi connectivity index (χ0) is 19.6. The molecular formula is C22H29F2NO2. The molecule has 1 aromatic rings. The molecular weight excluding hydrogens is 348 g/mol. The molecule has 3 nitrogen and oxygen atoms in total. The van der Waals surface area contributed by atoms with Crippen molar-refractivity contribution in [2.45, 2.75) is 77.6 Å². The van der Waals surface area contributed by atoms with Gasteiger partial charge in [-0.25, -0.2) is 4.39 Å². The molecule has 0 bridgehead atoms. The highest BCUT2D eigenvalue weighted by molar-refractivity contribution is 5.75. The maximum absolute atomic E-state index is 13.9. The number of carbonyl (C=O) groups excluding carboxylic acids is 1. The molecule has 0 amide bonds. The van der Waals surface area contributed by atoms with E-state index in [9.17, 15) is 13.6 Å². The van der Waals surface area contributed by atoms with Crippen LogP contribution in [0.5, 0.6) is 5.75 Å². The molecule has 1 aliphatic carbocycles. The van der Waals surface area contributed by atoms with Crippen LogP contribution >= 0.6 is 0 Å². The van der Waals surface area contributed by atoms with Crippen molar-refractivity contribution < 1.29 is 18.3 Å². The summed E-state index contributed by atoms with van der Waals surface area (Å²) in [5, 5.41) is 8.70.